The number of rotatable bonds is 10. The number of imidazole rings is 1. The van der Waals surface area contributed by atoms with Crippen molar-refractivity contribution in [1.29, 1.82) is 0 Å². The van der Waals surface area contributed by atoms with E-state index >= 15 is 0 Å². The lowest BCUT2D eigenvalue weighted by molar-refractivity contribution is 0.586. The maximum Gasteiger partial charge on any atom is 0.209 e. The Kier molecular flexibility index (Phi) is 7.83. The minimum absolute atomic E-state index is 0.0460. The summed E-state index contributed by atoms with van der Waals surface area (Å²) in [5, 5.41) is 12.0. The van der Waals surface area contributed by atoms with Crippen LogP contribution in [0.2, 0.25) is 0 Å². The maximum absolute atomic E-state index is 14.6. The molecule has 0 unspecified atom stereocenters. The molecule has 0 aliphatic rings. The Morgan fingerprint density at radius 2 is 1.61 bits per heavy atom. The summed E-state index contributed by atoms with van der Waals surface area (Å²) in [6, 6.07) is 24.6. The fraction of sp³-hybridized carbons (Fsp3) is 0.118. The molecule has 46 heavy (non-hydrogen) atoms. The van der Waals surface area contributed by atoms with Crippen molar-refractivity contribution in [2.45, 2.75) is 19.6 Å². The molecule has 0 amide bonds. The second-order valence-corrected chi connectivity index (χ2v) is 12.9. The van der Waals surface area contributed by atoms with E-state index < -0.39 is 15.8 Å². The Balaban J connectivity index is 1.19. The lowest BCUT2D eigenvalue weighted by atomic mass is 10.0. The van der Waals surface area contributed by atoms with Crippen molar-refractivity contribution in [2.24, 2.45) is 0 Å². The van der Waals surface area contributed by atoms with Gasteiger partial charge in [0.15, 0.2) is 5.82 Å². The summed E-state index contributed by atoms with van der Waals surface area (Å²) in [7, 11) is -3.45. The molecule has 0 spiro atoms. The quantitative estimate of drug-likeness (QED) is 0.151. The number of nitrogens with zero attached hydrogens (tertiary/aromatic N) is 4. The SMILES string of the molecule is CS(=O)(=O)NCc1cc(F)cc(-c2nccc3[nH]c(-c4n[nH]c5ccc(-c6cncc(CNCc7ccccc7)c6)cc45)nc23)c1. The van der Waals surface area contributed by atoms with Gasteiger partial charge >= 0.3 is 0 Å². The number of aromatic amines is 2. The van der Waals surface area contributed by atoms with Crippen LogP contribution in [0.4, 0.5) is 4.39 Å². The fourth-order valence-corrected chi connectivity index (χ4v) is 5.85. The van der Waals surface area contributed by atoms with E-state index in [1.165, 1.54) is 17.7 Å². The summed E-state index contributed by atoms with van der Waals surface area (Å²) in [6.45, 7) is 1.41. The third-order valence-electron chi connectivity index (χ3n) is 7.59. The van der Waals surface area contributed by atoms with Crippen LogP contribution in [-0.2, 0) is 29.7 Å². The summed E-state index contributed by atoms with van der Waals surface area (Å²) in [4.78, 5) is 17.2. The highest BCUT2D eigenvalue weighted by atomic mass is 32.2. The monoisotopic (exact) mass is 632 g/mol. The van der Waals surface area contributed by atoms with Gasteiger partial charge in [0.25, 0.3) is 0 Å². The molecule has 0 atom stereocenters. The van der Waals surface area contributed by atoms with Crippen molar-refractivity contribution in [3.8, 4) is 33.9 Å². The average molecular weight is 633 g/mol. The van der Waals surface area contributed by atoms with E-state index in [4.69, 9.17) is 4.98 Å². The number of benzene rings is 3. The van der Waals surface area contributed by atoms with E-state index in [1.54, 1.807) is 18.3 Å². The summed E-state index contributed by atoms with van der Waals surface area (Å²) in [5.41, 5.74) is 8.39. The normalized spacial score (nSPS) is 11.9. The largest absolute Gasteiger partial charge is 0.336 e. The minimum Gasteiger partial charge on any atom is -0.336 e. The number of fused-ring (bicyclic) bond motifs is 2. The van der Waals surface area contributed by atoms with Gasteiger partial charge in [0.05, 0.1) is 23.0 Å². The topological polar surface area (TPSA) is 141 Å². The molecular formula is C34H29FN8O2S. The molecule has 7 aromatic rings. The van der Waals surface area contributed by atoms with E-state index in [0.29, 0.717) is 45.9 Å². The number of nitrogens with one attached hydrogen (secondary N) is 4. The van der Waals surface area contributed by atoms with Gasteiger partial charge in [0, 0.05) is 54.7 Å². The summed E-state index contributed by atoms with van der Waals surface area (Å²) >= 11 is 0. The van der Waals surface area contributed by atoms with E-state index in [2.05, 4.69) is 59.5 Å². The van der Waals surface area contributed by atoms with E-state index in [-0.39, 0.29) is 6.54 Å². The van der Waals surface area contributed by atoms with Crippen LogP contribution in [-0.4, -0.2) is 44.8 Å². The van der Waals surface area contributed by atoms with Crippen LogP contribution in [0.1, 0.15) is 16.7 Å². The molecule has 4 N–H and O–H groups in total. The van der Waals surface area contributed by atoms with Gasteiger partial charge in [-0.1, -0.05) is 36.4 Å². The minimum atomic E-state index is -3.45. The van der Waals surface area contributed by atoms with Gasteiger partial charge in [0.2, 0.25) is 10.0 Å². The number of aromatic nitrogens is 6. The van der Waals surface area contributed by atoms with Crippen LogP contribution in [0.15, 0.2) is 97.5 Å². The van der Waals surface area contributed by atoms with Gasteiger partial charge in [-0.25, -0.2) is 22.5 Å². The van der Waals surface area contributed by atoms with Crippen molar-refractivity contribution in [3.63, 3.8) is 0 Å². The highest BCUT2D eigenvalue weighted by Crippen LogP contribution is 2.33. The Morgan fingerprint density at radius 1 is 0.783 bits per heavy atom. The molecule has 12 heteroatoms. The second-order valence-electron chi connectivity index (χ2n) is 11.1. The molecule has 0 bridgehead atoms. The number of halogens is 1. The Hall–Kier alpha value is -5.30. The Morgan fingerprint density at radius 3 is 2.46 bits per heavy atom. The standard InChI is InChI=1S/C34H29FN8O2S/c1-46(44,45)39-19-22-11-25(14-27(35)13-22)31-33-30(9-10-38-31)40-34(41-33)32-28-15-24(7-8-29(28)42-43-32)26-12-23(18-37-20-26)17-36-16-21-5-3-2-4-6-21/h2-15,18,20,36,39H,16-17,19H2,1H3,(H,40,41)(H,42,43). The van der Waals surface area contributed by atoms with E-state index in [1.807, 2.05) is 42.7 Å². The molecule has 7 rings (SSSR count). The van der Waals surface area contributed by atoms with Crippen molar-refractivity contribution >= 4 is 32.0 Å². The van der Waals surface area contributed by atoms with Gasteiger partial charge in [-0.3, -0.25) is 15.1 Å². The lowest BCUT2D eigenvalue weighted by Gasteiger charge is -2.07. The van der Waals surface area contributed by atoms with Crippen LogP contribution in [0.3, 0.4) is 0 Å². The molecule has 230 valence electrons. The summed E-state index contributed by atoms with van der Waals surface area (Å²) in [5.74, 6) is 0.0220. The first-order valence-corrected chi connectivity index (χ1v) is 16.4. The predicted molar refractivity (Wildman–Crippen MR) is 176 cm³/mol. The predicted octanol–water partition coefficient (Wildman–Crippen LogP) is 5.71. The summed E-state index contributed by atoms with van der Waals surface area (Å²) < 4.78 is 40.2. The number of H-pyrrole nitrogens is 2. The smallest absolute Gasteiger partial charge is 0.209 e. The molecule has 4 aromatic heterocycles. The van der Waals surface area contributed by atoms with Crippen molar-refractivity contribution < 1.29 is 12.8 Å². The van der Waals surface area contributed by atoms with Crippen LogP contribution < -0.4 is 10.0 Å². The van der Waals surface area contributed by atoms with Gasteiger partial charge in [-0.2, -0.15) is 5.10 Å². The molecule has 0 fully saturated rings. The number of pyridine rings is 2. The lowest BCUT2D eigenvalue weighted by Crippen LogP contribution is -2.21. The van der Waals surface area contributed by atoms with Gasteiger partial charge in [0.1, 0.15) is 17.0 Å². The van der Waals surface area contributed by atoms with Gasteiger partial charge in [-0.15, -0.1) is 0 Å². The van der Waals surface area contributed by atoms with E-state index in [9.17, 15) is 12.8 Å². The highest BCUT2D eigenvalue weighted by Gasteiger charge is 2.17. The third kappa shape index (κ3) is 6.40. The van der Waals surface area contributed by atoms with Crippen LogP contribution in [0.5, 0.6) is 0 Å². The van der Waals surface area contributed by atoms with Gasteiger partial charge < -0.3 is 10.3 Å². The van der Waals surface area contributed by atoms with Crippen LogP contribution >= 0.6 is 0 Å². The molecule has 0 aliphatic heterocycles. The average Bonchev–Trinajstić information content (AvgIpc) is 3.68. The zero-order chi connectivity index (χ0) is 31.7. The van der Waals surface area contributed by atoms with Crippen LogP contribution in [0, 0.1) is 5.82 Å². The van der Waals surface area contributed by atoms with E-state index in [0.717, 1.165) is 40.4 Å². The Bertz CT molecular complexity index is 2300. The zero-order valence-electron chi connectivity index (χ0n) is 24.8. The zero-order valence-corrected chi connectivity index (χ0v) is 25.6. The van der Waals surface area contributed by atoms with Crippen molar-refractivity contribution in [2.75, 3.05) is 6.26 Å². The van der Waals surface area contributed by atoms with Crippen molar-refractivity contribution in [3.05, 3.63) is 120 Å². The number of sulfonamides is 1. The van der Waals surface area contributed by atoms with Gasteiger partial charge in [-0.05, 0) is 64.7 Å². The highest BCUT2D eigenvalue weighted by molar-refractivity contribution is 7.88. The molecule has 3 aromatic carbocycles. The number of hydrogen-bond acceptors (Lipinski definition) is 7. The maximum atomic E-state index is 14.6. The molecule has 10 nitrogen and oxygen atoms in total. The third-order valence-corrected chi connectivity index (χ3v) is 8.26. The molecule has 0 radical (unpaired) electrons. The molecule has 4 heterocycles. The molecular weight excluding hydrogens is 603 g/mol. The van der Waals surface area contributed by atoms with Crippen LogP contribution in [0.25, 0.3) is 55.8 Å². The van der Waals surface area contributed by atoms with Crippen molar-refractivity contribution in [1.82, 2.24) is 40.2 Å². The molecule has 0 saturated carbocycles. The molecule has 0 saturated heterocycles. The first-order valence-electron chi connectivity index (χ1n) is 14.6. The first-order chi connectivity index (χ1) is 22.3. The number of hydrogen-bond donors (Lipinski definition) is 4. The second kappa shape index (κ2) is 12.2. The molecule has 0 aliphatic carbocycles. The summed E-state index contributed by atoms with van der Waals surface area (Å²) in [6.07, 6.45) is 6.39. The first kappa shape index (κ1) is 29.4. The Labute approximate surface area is 264 Å². The fourth-order valence-electron chi connectivity index (χ4n) is 5.43.